The lowest BCUT2D eigenvalue weighted by molar-refractivity contribution is 0.449. The van der Waals surface area contributed by atoms with Crippen molar-refractivity contribution in [3.63, 3.8) is 0 Å². The molecule has 170 valence electrons. The van der Waals surface area contributed by atoms with Gasteiger partial charge in [-0.2, -0.15) is 5.10 Å². The smallest absolute Gasteiger partial charge is 0.159 e. The maximum absolute atomic E-state index is 4.95. The highest BCUT2D eigenvalue weighted by Crippen LogP contribution is 2.33. The second kappa shape index (κ2) is 9.21. The summed E-state index contributed by atoms with van der Waals surface area (Å²) < 4.78 is 0. The Morgan fingerprint density at radius 3 is 2.79 bits per heavy atom. The Kier molecular flexibility index (Phi) is 5.96. The van der Waals surface area contributed by atoms with Crippen LogP contribution in [0, 0.1) is 0 Å². The molecule has 4 heterocycles. The number of likely N-dealkylation sites (N-methyl/N-ethyl adjacent to an activating group) is 1. The van der Waals surface area contributed by atoms with E-state index in [1.165, 1.54) is 4.88 Å². The van der Waals surface area contributed by atoms with Gasteiger partial charge in [0.2, 0.25) is 0 Å². The van der Waals surface area contributed by atoms with Crippen molar-refractivity contribution in [3.8, 4) is 22.0 Å². The molecule has 2 N–H and O–H groups in total. The molecule has 0 saturated carbocycles. The van der Waals surface area contributed by atoms with Crippen molar-refractivity contribution < 1.29 is 0 Å². The van der Waals surface area contributed by atoms with Crippen LogP contribution in [0.25, 0.3) is 49.5 Å². The van der Waals surface area contributed by atoms with Crippen LogP contribution in [-0.2, 0) is 0 Å². The number of para-hydroxylation sites is 1. The van der Waals surface area contributed by atoms with E-state index in [4.69, 9.17) is 4.98 Å². The van der Waals surface area contributed by atoms with Crippen LogP contribution in [0.2, 0.25) is 0 Å². The summed E-state index contributed by atoms with van der Waals surface area (Å²) in [5.41, 5.74) is 7.76. The monoisotopic (exact) mass is 466 g/mol. The summed E-state index contributed by atoms with van der Waals surface area (Å²) in [5, 5.41) is 10.7. The van der Waals surface area contributed by atoms with Gasteiger partial charge >= 0.3 is 0 Å². The lowest BCUT2D eigenvalue weighted by Gasteiger charge is -2.11. The number of hydrogen-bond acceptors (Lipinski definition) is 5. The van der Waals surface area contributed by atoms with Gasteiger partial charge in [0.15, 0.2) is 5.82 Å². The molecule has 34 heavy (non-hydrogen) atoms. The van der Waals surface area contributed by atoms with E-state index >= 15 is 0 Å². The molecule has 7 heteroatoms. The minimum atomic E-state index is 0.736. The second-order valence-corrected chi connectivity index (χ2v) is 9.30. The van der Waals surface area contributed by atoms with Crippen LogP contribution in [-0.4, -0.2) is 50.7 Å². The van der Waals surface area contributed by atoms with Crippen LogP contribution in [0.1, 0.15) is 12.6 Å². The lowest BCUT2D eigenvalue weighted by atomic mass is 10.1. The average Bonchev–Trinajstić information content (AvgIpc) is 3.59. The molecule has 0 unspecified atom stereocenters. The van der Waals surface area contributed by atoms with Gasteiger partial charge in [0, 0.05) is 22.4 Å². The van der Waals surface area contributed by atoms with Gasteiger partial charge in [-0.05, 0) is 61.8 Å². The van der Waals surface area contributed by atoms with Crippen LogP contribution in [0.3, 0.4) is 0 Å². The van der Waals surface area contributed by atoms with Crippen molar-refractivity contribution in [2.45, 2.75) is 6.92 Å². The third-order valence-corrected chi connectivity index (χ3v) is 6.58. The molecular weight excluding hydrogens is 440 g/mol. The number of nitrogens with one attached hydrogen (secondary N) is 2. The Bertz CT molecular complexity index is 1530. The molecular formula is C27H26N6S. The number of H-pyrrole nitrogens is 2. The molecule has 0 fully saturated rings. The van der Waals surface area contributed by atoms with E-state index in [0.29, 0.717) is 0 Å². The Morgan fingerprint density at radius 2 is 2.06 bits per heavy atom. The van der Waals surface area contributed by atoms with E-state index in [1.54, 1.807) is 11.3 Å². The summed E-state index contributed by atoms with van der Waals surface area (Å²) in [4.78, 5) is 16.4. The summed E-state index contributed by atoms with van der Waals surface area (Å²) in [5.74, 6) is 0.736. The van der Waals surface area contributed by atoms with Crippen molar-refractivity contribution in [2.75, 3.05) is 20.6 Å². The van der Waals surface area contributed by atoms with Gasteiger partial charge in [0.25, 0.3) is 0 Å². The number of hydrogen-bond donors (Lipinski definition) is 2. The lowest BCUT2D eigenvalue weighted by Crippen LogP contribution is -2.14. The SMILES string of the molecule is C=C/C(=C\C(=C/C)c1cc2c(-c3nc4c(-c5cccs5)cccc4[nH]3)n[nH]c2cn1)CN(C)C. The third-order valence-electron chi connectivity index (χ3n) is 5.68. The molecule has 0 saturated heterocycles. The van der Waals surface area contributed by atoms with Gasteiger partial charge < -0.3 is 9.88 Å². The maximum atomic E-state index is 4.95. The van der Waals surface area contributed by atoms with Crippen LogP contribution >= 0.6 is 11.3 Å². The summed E-state index contributed by atoms with van der Waals surface area (Å²) >= 11 is 1.71. The zero-order valence-corrected chi connectivity index (χ0v) is 20.3. The van der Waals surface area contributed by atoms with E-state index in [-0.39, 0.29) is 0 Å². The molecule has 0 aliphatic carbocycles. The topological polar surface area (TPSA) is 73.5 Å². The van der Waals surface area contributed by atoms with E-state index in [9.17, 15) is 0 Å². The highest BCUT2D eigenvalue weighted by molar-refractivity contribution is 7.13. The number of allylic oxidation sites excluding steroid dienone is 3. The predicted octanol–water partition coefficient (Wildman–Crippen LogP) is 6.31. The van der Waals surface area contributed by atoms with E-state index in [2.05, 4.69) is 85.6 Å². The summed E-state index contributed by atoms with van der Waals surface area (Å²) in [6.07, 6.45) is 7.93. The minimum Gasteiger partial charge on any atom is -0.337 e. The molecule has 0 radical (unpaired) electrons. The van der Waals surface area contributed by atoms with Gasteiger partial charge in [-0.1, -0.05) is 36.9 Å². The van der Waals surface area contributed by atoms with Crippen molar-refractivity contribution in [2.24, 2.45) is 0 Å². The molecule has 0 atom stereocenters. The zero-order valence-electron chi connectivity index (χ0n) is 19.5. The molecule has 6 nitrogen and oxygen atoms in total. The molecule has 0 bridgehead atoms. The third kappa shape index (κ3) is 4.11. The number of aromatic amines is 2. The first-order valence-corrected chi connectivity index (χ1v) is 12.0. The molecule has 0 amide bonds. The van der Waals surface area contributed by atoms with Crippen LogP contribution in [0.5, 0.6) is 0 Å². The van der Waals surface area contributed by atoms with Crippen LogP contribution in [0.15, 0.2) is 78.4 Å². The standard InChI is InChI=1S/C27H26N6S/c1-5-17(16-33(3)4)13-18(6-2)22-14-20-23(15-28-22)31-32-26(20)27-29-21-10-7-9-19(25(21)30-27)24-11-8-12-34-24/h5-15H,1,16H2,2-4H3,(H,29,30)(H,31,32)/b17-13+,18-6+. The Hall–Kier alpha value is -3.81. The summed E-state index contributed by atoms with van der Waals surface area (Å²) in [6, 6.07) is 12.5. The first-order chi connectivity index (χ1) is 16.6. The number of imidazole rings is 1. The molecule has 0 aliphatic heterocycles. The largest absolute Gasteiger partial charge is 0.337 e. The Labute approximate surface area is 202 Å². The quantitative estimate of drug-likeness (QED) is 0.276. The molecule has 4 aromatic heterocycles. The van der Waals surface area contributed by atoms with E-state index < -0.39 is 0 Å². The first kappa shape index (κ1) is 22.0. The number of pyridine rings is 1. The number of nitrogens with zero attached hydrogens (tertiary/aromatic N) is 4. The van der Waals surface area contributed by atoms with Gasteiger partial charge in [-0.3, -0.25) is 10.1 Å². The van der Waals surface area contributed by atoms with E-state index in [1.807, 2.05) is 33.3 Å². The van der Waals surface area contributed by atoms with Crippen LogP contribution < -0.4 is 0 Å². The normalized spacial score (nSPS) is 12.8. The van der Waals surface area contributed by atoms with Crippen molar-refractivity contribution >= 4 is 38.8 Å². The first-order valence-electron chi connectivity index (χ1n) is 11.1. The zero-order chi connectivity index (χ0) is 23.7. The van der Waals surface area contributed by atoms with Crippen LogP contribution in [0.4, 0.5) is 0 Å². The summed E-state index contributed by atoms with van der Waals surface area (Å²) in [6.45, 7) is 6.80. The molecule has 5 aromatic rings. The van der Waals surface area contributed by atoms with Gasteiger partial charge in [0.05, 0.1) is 28.4 Å². The number of aromatic nitrogens is 5. The predicted molar refractivity (Wildman–Crippen MR) is 143 cm³/mol. The highest BCUT2D eigenvalue weighted by atomic mass is 32.1. The fourth-order valence-electron chi connectivity index (χ4n) is 4.07. The van der Waals surface area contributed by atoms with Gasteiger partial charge in [-0.15, -0.1) is 11.3 Å². The molecule has 5 rings (SSSR count). The molecule has 0 spiro atoms. The van der Waals surface area contributed by atoms with Gasteiger partial charge in [0.1, 0.15) is 5.69 Å². The number of thiophene rings is 1. The van der Waals surface area contributed by atoms with Crippen molar-refractivity contribution in [1.82, 2.24) is 30.0 Å². The Morgan fingerprint density at radius 1 is 1.18 bits per heavy atom. The maximum Gasteiger partial charge on any atom is 0.159 e. The number of rotatable bonds is 7. The second-order valence-electron chi connectivity index (χ2n) is 8.36. The minimum absolute atomic E-state index is 0.736. The van der Waals surface area contributed by atoms with Crippen molar-refractivity contribution in [1.29, 1.82) is 0 Å². The highest BCUT2D eigenvalue weighted by Gasteiger charge is 2.16. The molecule has 0 aliphatic rings. The fraction of sp³-hybridized carbons (Fsp3) is 0.148. The number of benzene rings is 1. The summed E-state index contributed by atoms with van der Waals surface area (Å²) in [7, 11) is 4.10. The fourth-order valence-corrected chi connectivity index (χ4v) is 4.82. The van der Waals surface area contributed by atoms with E-state index in [0.717, 1.165) is 62.4 Å². The Balaban J connectivity index is 1.59. The van der Waals surface area contributed by atoms with Crippen molar-refractivity contribution in [3.05, 3.63) is 84.0 Å². The average molecular weight is 467 g/mol. The van der Waals surface area contributed by atoms with Gasteiger partial charge in [-0.25, -0.2) is 4.98 Å². The molecule has 1 aromatic carbocycles. The number of fused-ring (bicyclic) bond motifs is 2.